The first kappa shape index (κ1) is 11.6. The Bertz CT molecular complexity index is 270. The second-order valence-electron chi connectivity index (χ2n) is 3.80. The molecule has 0 aliphatic heterocycles. The first-order chi connectivity index (χ1) is 6.67. The fourth-order valence-electron chi connectivity index (χ4n) is 1.38. The van der Waals surface area contributed by atoms with Crippen LogP contribution in [-0.4, -0.2) is 22.4 Å². The summed E-state index contributed by atoms with van der Waals surface area (Å²) in [5.74, 6) is 1.61. The maximum Gasteiger partial charge on any atom is 0.142 e. The lowest BCUT2D eigenvalue weighted by molar-refractivity contribution is 0.424. The number of aromatic nitrogens is 2. The average Bonchev–Trinajstić information content (AvgIpc) is 2.61. The summed E-state index contributed by atoms with van der Waals surface area (Å²) in [6.45, 7) is 6.54. The van der Waals surface area contributed by atoms with Crippen molar-refractivity contribution >= 4 is 11.5 Å². The standard InChI is InChI=1S/C10H19N3S/c1-5-9-12-10(14-13-9)6-8(11-4)7(2)3/h7-8,11H,5-6H2,1-4H3. The summed E-state index contributed by atoms with van der Waals surface area (Å²) in [5, 5.41) is 4.46. The normalized spacial score (nSPS) is 13.5. The van der Waals surface area contributed by atoms with Crippen molar-refractivity contribution in [3.63, 3.8) is 0 Å². The van der Waals surface area contributed by atoms with E-state index in [0.717, 1.165) is 23.7 Å². The first-order valence-electron chi connectivity index (χ1n) is 5.16. The van der Waals surface area contributed by atoms with Crippen LogP contribution >= 0.6 is 11.5 Å². The maximum atomic E-state index is 4.47. The van der Waals surface area contributed by atoms with Crippen molar-refractivity contribution in [2.75, 3.05) is 7.05 Å². The zero-order valence-corrected chi connectivity index (χ0v) is 10.2. The van der Waals surface area contributed by atoms with Crippen LogP contribution in [0.3, 0.4) is 0 Å². The van der Waals surface area contributed by atoms with E-state index in [1.54, 1.807) is 0 Å². The SMILES string of the molecule is CCc1nsc(CC(NC)C(C)C)n1. The molecule has 0 aromatic carbocycles. The molecule has 0 aliphatic rings. The largest absolute Gasteiger partial charge is 0.316 e. The Morgan fingerprint density at radius 1 is 1.43 bits per heavy atom. The molecule has 4 heteroatoms. The summed E-state index contributed by atoms with van der Waals surface area (Å²) in [7, 11) is 2.01. The van der Waals surface area contributed by atoms with Gasteiger partial charge in [-0.05, 0) is 24.5 Å². The third-order valence-electron chi connectivity index (χ3n) is 2.40. The first-order valence-corrected chi connectivity index (χ1v) is 5.93. The fourth-order valence-corrected chi connectivity index (χ4v) is 2.16. The number of hydrogen-bond donors (Lipinski definition) is 1. The Hall–Kier alpha value is -0.480. The van der Waals surface area contributed by atoms with E-state index in [9.17, 15) is 0 Å². The van der Waals surface area contributed by atoms with Gasteiger partial charge in [-0.2, -0.15) is 4.37 Å². The van der Waals surface area contributed by atoms with Crippen molar-refractivity contribution in [3.8, 4) is 0 Å². The summed E-state index contributed by atoms with van der Waals surface area (Å²) < 4.78 is 4.28. The molecule has 0 saturated carbocycles. The number of aryl methyl sites for hydroxylation is 1. The van der Waals surface area contributed by atoms with Crippen molar-refractivity contribution in [3.05, 3.63) is 10.8 Å². The molecular formula is C10H19N3S. The van der Waals surface area contributed by atoms with E-state index < -0.39 is 0 Å². The Labute approximate surface area is 90.1 Å². The number of rotatable bonds is 5. The molecule has 1 heterocycles. The summed E-state index contributed by atoms with van der Waals surface area (Å²) in [5.41, 5.74) is 0. The lowest BCUT2D eigenvalue weighted by Crippen LogP contribution is -2.32. The molecule has 0 fully saturated rings. The van der Waals surface area contributed by atoms with Gasteiger partial charge in [0.2, 0.25) is 0 Å². The summed E-state index contributed by atoms with van der Waals surface area (Å²) in [4.78, 5) is 4.47. The van der Waals surface area contributed by atoms with Crippen molar-refractivity contribution in [1.82, 2.24) is 14.7 Å². The Kier molecular flexibility index (Phi) is 4.48. The molecule has 0 aliphatic carbocycles. The predicted octanol–water partition coefficient (Wildman–Crippen LogP) is 1.89. The van der Waals surface area contributed by atoms with Crippen LogP contribution in [0.2, 0.25) is 0 Å². The van der Waals surface area contributed by atoms with Crippen LogP contribution in [0.25, 0.3) is 0 Å². The van der Waals surface area contributed by atoms with Gasteiger partial charge in [-0.3, -0.25) is 0 Å². The number of likely N-dealkylation sites (N-methyl/N-ethyl adjacent to an activating group) is 1. The van der Waals surface area contributed by atoms with Gasteiger partial charge in [-0.25, -0.2) is 4.98 Å². The molecular weight excluding hydrogens is 194 g/mol. The van der Waals surface area contributed by atoms with E-state index in [2.05, 4.69) is 35.4 Å². The number of nitrogens with zero attached hydrogens (tertiary/aromatic N) is 2. The minimum Gasteiger partial charge on any atom is -0.316 e. The van der Waals surface area contributed by atoms with E-state index in [1.165, 1.54) is 11.5 Å². The molecule has 0 saturated heterocycles. The van der Waals surface area contributed by atoms with Crippen LogP contribution < -0.4 is 5.32 Å². The maximum absolute atomic E-state index is 4.47. The lowest BCUT2D eigenvalue weighted by atomic mass is 10.0. The molecule has 0 amide bonds. The quantitative estimate of drug-likeness (QED) is 0.811. The molecule has 0 radical (unpaired) electrons. The van der Waals surface area contributed by atoms with E-state index in [4.69, 9.17) is 0 Å². The molecule has 1 aromatic rings. The smallest absolute Gasteiger partial charge is 0.142 e. The van der Waals surface area contributed by atoms with E-state index >= 15 is 0 Å². The van der Waals surface area contributed by atoms with E-state index in [0.29, 0.717) is 12.0 Å². The van der Waals surface area contributed by atoms with Crippen LogP contribution in [0, 0.1) is 5.92 Å². The second kappa shape index (κ2) is 5.41. The minimum atomic E-state index is 0.507. The highest BCUT2D eigenvalue weighted by atomic mass is 32.1. The van der Waals surface area contributed by atoms with Gasteiger partial charge in [0.15, 0.2) is 0 Å². The third-order valence-corrected chi connectivity index (χ3v) is 3.17. The van der Waals surface area contributed by atoms with E-state index in [1.807, 2.05) is 7.05 Å². The molecule has 0 spiro atoms. The summed E-state index contributed by atoms with van der Waals surface area (Å²) in [6.07, 6.45) is 1.92. The second-order valence-corrected chi connectivity index (χ2v) is 4.64. The summed E-state index contributed by atoms with van der Waals surface area (Å²) >= 11 is 1.53. The average molecular weight is 213 g/mol. The van der Waals surface area contributed by atoms with Crippen molar-refractivity contribution in [2.45, 2.75) is 39.7 Å². The Morgan fingerprint density at radius 2 is 2.14 bits per heavy atom. The van der Waals surface area contributed by atoms with Gasteiger partial charge in [0.05, 0.1) is 0 Å². The molecule has 3 nitrogen and oxygen atoms in total. The Morgan fingerprint density at radius 3 is 2.57 bits per heavy atom. The predicted molar refractivity (Wildman–Crippen MR) is 60.7 cm³/mol. The number of hydrogen-bond acceptors (Lipinski definition) is 4. The van der Waals surface area contributed by atoms with Gasteiger partial charge in [-0.1, -0.05) is 20.8 Å². The van der Waals surface area contributed by atoms with Crippen LogP contribution in [0.4, 0.5) is 0 Å². The van der Waals surface area contributed by atoms with Crippen LogP contribution in [0.1, 0.15) is 31.6 Å². The molecule has 14 heavy (non-hydrogen) atoms. The van der Waals surface area contributed by atoms with Crippen LogP contribution in [0.5, 0.6) is 0 Å². The highest BCUT2D eigenvalue weighted by Crippen LogP contribution is 2.12. The van der Waals surface area contributed by atoms with Crippen LogP contribution in [0.15, 0.2) is 0 Å². The molecule has 1 atom stereocenters. The van der Waals surface area contributed by atoms with Gasteiger partial charge < -0.3 is 5.32 Å². The molecule has 0 bridgehead atoms. The molecule has 1 N–H and O–H groups in total. The van der Waals surface area contributed by atoms with Gasteiger partial charge in [0.25, 0.3) is 0 Å². The molecule has 80 valence electrons. The minimum absolute atomic E-state index is 0.507. The molecule has 1 aromatic heterocycles. The fraction of sp³-hybridized carbons (Fsp3) is 0.800. The van der Waals surface area contributed by atoms with Crippen molar-refractivity contribution in [1.29, 1.82) is 0 Å². The molecule has 1 unspecified atom stereocenters. The number of nitrogens with one attached hydrogen (secondary N) is 1. The van der Waals surface area contributed by atoms with Gasteiger partial charge in [0.1, 0.15) is 10.8 Å². The van der Waals surface area contributed by atoms with E-state index in [-0.39, 0.29) is 0 Å². The van der Waals surface area contributed by atoms with Gasteiger partial charge >= 0.3 is 0 Å². The third kappa shape index (κ3) is 3.03. The molecule has 1 rings (SSSR count). The lowest BCUT2D eigenvalue weighted by Gasteiger charge is -2.18. The highest BCUT2D eigenvalue weighted by molar-refractivity contribution is 7.05. The van der Waals surface area contributed by atoms with Crippen molar-refractivity contribution in [2.24, 2.45) is 5.92 Å². The highest BCUT2D eigenvalue weighted by Gasteiger charge is 2.14. The summed E-state index contributed by atoms with van der Waals surface area (Å²) in [6, 6.07) is 0.507. The topological polar surface area (TPSA) is 37.8 Å². The van der Waals surface area contributed by atoms with Gasteiger partial charge in [-0.15, -0.1) is 0 Å². The van der Waals surface area contributed by atoms with Gasteiger partial charge in [0, 0.05) is 18.9 Å². The zero-order valence-electron chi connectivity index (χ0n) is 9.37. The zero-order chi connectivity index (χ0) is 10.6. The monoisotopic (exact) mass is 213 g/mol. The van der Waals surface area contributed by atoms with Crippen molar-refractivity contribution < 1.29 is 0 Å². The van der Waals surface area contributed by atoms with Crippen LogP contribution in [-0.2, 0) is 12.8 Å². The Balaban J connectivity index is 2.57.